The first-order valence-corrected chi connectivity index (χ1v) is 2.53. The molecule has 5 heteroatoms. The van der Waals surface area contributed by atoms with Gasteiger partial charge in [-0.05, 0) is 5.83 Å². The summed E-state index contributed by atoms with van der Waals surface area (Å²) >= 11 is 2.94. The number of alkyl halides is 1. The Bertz CT molecular complexity index is 33.8. The Hall–Kier alpha value is -0.320. The van der Waals surface area contributed by atoms with Crippen molar-refractivity contribution in [1.82, 2.24) is 0 Å². The van der Waals surface area contributed by atoms with Crippen molar-refractivity contribution in [2.75, 3.05) is 5.83 Å². The average molecular weight is 158 g/mol. The highest BCUT2D eigenvalue weighted by molar-refractivity contribution is 9.08. The standard InChI is InChI=1S/CH3Br.HNO3/c1-2;2-1(3)4/h1H3;(H,2,3,4). The van der Waals surface area contributed by atoms with Gasteiger partial charge in [-0.1, -0.05) is 15.9 Å². The molecule has 0 unspecified atom stereocenters. The van der Waals surface area contributed by atoms with Crippen molar-refractivity contribution in [2.45, 2.75) is 0 Å². The molecule has 0 amide bonds. The van der Waals surface area contributed by atoms with Gasteiger partial charge in [0.05, 0.1) is 0 Å². The van der Waals surface area contributed by atoms with Gasteiger partial charge in [-0.25, -0.2) is 0 Å². The highest BCUT2D eigenvalue weighted by Crippen LogP contribution is 1.45. The van der Waals surface area contributed by atoms with Gasteiger partial charge in [0, 0.05) is 0 Å². The van der Waals surface area contributed by atoms with Crippen molar-refractivity contribution in [3.8, 4) is 0 Å². The van der Waals surface area contributed by atoms with Gasteiger partial charge in [-0.15, -0.1) is 10.1 Å². The summed E-state index contributed by atoms with van der Waals surface area (Å²) in [5, 5.41) is 13.6. The third kappa shape index (κ3) is 258. The van der Waals surface area contributed by atoms with E-state index in [0.29, 0.717) is 0 Å². The number of halogens is 1. The largest absolute Gasteiger partial charge is 0.328 e. The van der Waals surface area contributed by atoms with E-state index >= 15 is 0 Å². The molecule has 4 nitrogen and oxygen atoms in total. The molecule has 0 aromatic rings. The Morgan fingerprint density at radius 1 is 1.83 bits per heavy atom. The van der Waals surface area contributed by atoms with Crippen molar-refractivity contribution >= 4 is 15.9 Å². The Kier molecular flexibility index (Phi) is 13.5. The number of hydrogen-bond acceptors (Lipinski definition) is 2. The van der Waals surface area contributed by atoms with Crippen LogP contribution in [0.3, 0.4) is 0 Å². The lowest BCUT2D eigenvalue weighted by Gasteiger charge is -1.56. The topological polar surface area (TPSA) is 63.4 Å². The van der Waals surface area contributed by atoms with E-state index in [1.54, 1.807) is 0 Å². The monoisotopic (exact) mass is 157 g/mol. The highest BCUT2D eigenvalue weighted by atomic mass is 79.9. The van der Waals surface area contributed by atoms with Gasteiger partial charge in [0.2, 0.25) is 0 Å². The first-order chi connectivity index (χ1) is 2.73. The van der Waals surface area contributed by atoms with Crippen molar-refractivity contribution in [1.29, 1.82) is 0 Å². The van der Waals surface area contributed by atoms with Gasteiger partial charge in [-0.3, -0.25) is 0 Å². The van der Waals surface area contributed by atoms with Crippen LogP contribution in [0, 0.1) is 10.1 Å². The van der Waals surface area contributed by atoms with Crippen molar-refractivity contribution in [3.63, 3.8) is 0 Å². The Morgan fingerprint density at radius 3 is 1.83 bits per heavy atom. The maximum atomic E-state index is 8.36. The molecule has 0 radical (unpaired) electrons. The molecule has 0 bridgehead atoms. The summed E-state index contributed by atoms with van der Waals surface area (Å²) in [6, 6.07) is 0. The number of nitrogens with zero attached hydrogens (tertiary/aromatic N) is 1. The minimum atomic E-state index is -1.50. The second kappa shape index (κ2) is 8.82. The van der Waals surface area contributed by atoms with Crippen LogP contribution in [-0.4, -0.2) is 16.1 Å². The van der Waals surface area contributed by atoms with Crippen LogP contribution < -0.4 is 0 Å². The molecule has 0 aliphatic carbocycles. The number of hydrogen-bond donors (Lipinski definition) is 1. The lowest BCUT2D eigenvalue weighted by molar-refractivity contribution is -0.742. The summed E-state index contributed by atoms with van der Waals surface area (Å²) in [4.78, 5) is 8.36. The summed E-state index contributed by atoms with van der Waals surface area (Å²) < 4.78 is 0. The lowest BCUT2D eigenvalue weighted by Crippen LogP contribution is -1.81. The highest BCUT2D eigenvalue weighted by Gasteiger charge is 1.65. The van der Waals surface area contributed by atoms with E-state index in [2.05, 4.69) is 15.9 Å². The zero-order valence-corrected chi connectivity index (χ0v) is 4.67. The molecule has 0 saturated carbocycles. The summed E-state index contributed by atoms with van der Waals surface area (Å²) in [7, 11) is 0. The quantitative estimate of drug-likeness (QED) is 0.320. The molecule has 0 rings (SSSR count). The summed E-state index contributed by atoms with van der Waals surface area (Å²) in [6.07, 6.45) is 0. The van der Waals surface area contributed by atoms with Crippen LogP contribution in [0.15, 0.2) is 0 Å². The van der Waals surface area contributed by atoms with E-state index < -0.39 is 5.09 Å². The van der Waals surface area contributed by atoms with Crippen molar-refractivity contribution in [3.05, 3.63) is 10.1 Å². The van der Waals surface area contributed by atoms with Gasteiger partial charge in [0.1, 0.15) is 0 Å². The van der Waals surface area contributed by atoms with Crippen LogP contribution in [0.5, 0.6) is 0 Å². The molecular weight excluding hydrogens is 154 g/mol. The molecular formula is CH4BrNO3. The SMILES string of the molecule is CBr.O=[N+]([O-])O. The molecule has 0 aromatic carbocycles. The zero-order valence-electron chi connectivity index (χ0n) is 3.09. The smallest absolute Gasteiger partial charge is 0.291 e. The molecule has 0 aliphatic rings. The zero-order chi connectivity index (χ0) is 5.58. The fourth-order valence-electron chi connectivity index (χ4n) is 0. The second-order valence-corrected chi connectivity index (χ2v) is 0.238. The molecule has 0 heterocycles. The van der Waals surface area contributed by atoms with Crippen LogP contribution in [-0.2, 0) is 0 Å². The van der Waals surface area contributed by atoms with Gasteiger partial charge in [-0.2, -0.15) is 0 Å². The number of rotatable bonds is 0. The van der Waals surface area contributed by atoms with Gasteiger partial charge < -0.3 is 5.21 Å². The fourth-order valence-corrected chi connectivity index (χ4v) is 0. The fraction of sp³-hybridized carbons (Fsp3) is 1.00. The molecule has 6 heavy (non-hydrogen) atoms. The molecule has 0 fully saturated rings. The van der Waals surface area contributed by atoms with Gasteiger partial charge >= 0.3 is 0 Å². The van der Waals surface area contributed by atoms with Crippen LogP contribution >= 0.6 is 15.9 Å². The van der Waals surface area contributed by atoms with E-state index in [9.17, 15) is 0 Å². The van der Waals surface area contributed by atoms with E-state index in [4.69, 9.17) is 15.3 Å². The van der Waals surface area contributed by atoms with Gasteiger partial charge in [0.15, 0.2) is 0 Å². The van der Waals surface area contributed by atoms with Crippen LogP contribution in [0.1, 0.15) is 0 Å². The van der Waals surface area contributed by atoms with Crippen molar-refractivity contribution < 1.29 is 10.3 Å². The van der Waals surface area contributed by atoms with Crippen molar-refractivity contribution in [2.24, 2.45) is 0 Å². The molecule has 0 spiro atoms. The molecule has 0 atom stereocenters. The summed E-state index contributed by atoms with van der Waals surface area (Å²) in [5.74, 6) is 1.81. The summed E-state index contributed by atoms with van der Waals surface area (Å²) in [6.45, 7) is 0. The molecule has 0 aromatic heterocycles. The minimum absolute atomic E-state index is 1.50. The normalized spacial score (nSPS) is 5.00. The Balaban J connectivity index is 0. The summed E-state index contributed by atoms with van der Waals surface area (Å²) in [5.41, 5.74) is 0. The lowest BCUT2D eigenvalue weighted by atomic mass is 12.0. The third-order valence-electron chi connectivity index (χ3n) is 0. The van der Waals surface area contributed by atoms with E-state index in [1.165, 1.54) is 0 Å². The third-order valence-corrected chi connectivity index (χ3v) is 0. The predicted molar refractivity (Wildman–Crippen MR) is 23.6 cm³/mol. The first-order valence-electron chi connectivity index (χ1n) is 0.943. The van der Waals surface area contributed by atoms with E-state index in [0.717, 1.165) is 0 Å². The maximum absolute atomic E-state index is 8.36. The van der Waals surface area contributed by atoms with Gasteiger partial charge in [0.25, 0.3) is 5.09 Å². The Labute approximate surface area is 43.0 Å². The molecule has 1 N–H and O–H groups in total. The van der Waals surface area contributed by atoms with Crippen LogP contribution in [0.25, 0.3) is 0 Å². The second-order valence-electron chi connectivity index (χ2n) is 0.238. The molecule has 0 aliphatic heterocycles. The average Bonchev–Trinajstić information content (AvgIpc) is 1.41. The van der Waals surface area contributed by atoms with Crippen LogP contribution in [0.4, 0.5) is 0 Å². The first kappa shape index (κ1) is 9.19. The predicted octanol–water partition coefficient (Wildman–Crippen LogP) is 0.663. The molecule has 38 valence electrons. The van der Waals surface area contributed by atoms with Crippen LogP contribution in [0.2, 0.25) is 0 Å². The Morgan fingerprint density at radius 2 is 1.83 bits per heavy atom. The minimum Gasteiger partial charge on any atom is -0.328 e. The maximum Gasteiger partial charge on any atom is 0.291 e. The van der Waals surface area contributed by atoms with E-state index in [-0.39, 0.29) is 0 Å². The van der Waals surface area contributed by atoms with E-state index in [1.807, 2.05) is 5.83 Å². The molecule has 0 saturated heterocycles.